The second-order valence-electron chi connectivity index (χ2n) is 6.52. The zero-order chi connectivity index (χ0) is 14.0. The van der Waals surface area contributed by atoms with Crippen LogP contribution in [0.1, 0.15) is 46.9 Å². The Morgan fingerprint density at radius 2 is 1.43 bits per heavy atom. The molecule has 0 aromatic heterocycles. The summed E-state index contributed by atoms with van der Waals surface area (Å²) >= 11 is 0. The van der Waals surface area contributed by atoms with Crippen LogP contribution in [0.5, 0.6) is 0 Å². The van der Waals surface area contributed by atoms with E-state index in [9.17, 15) is 4.79 Å². The molecule has 0 fully saturated rings. The van der Waals surface area contributed by atoms with Gasteiger partial charge in [-0.15, -0.1) is 0 Å². The second-order valence-corrected chi connectivity index (χ2v) is 6.52. The molecule has 1 atom stereocenters. The molecule has 21 heavy (non-hydrogen) atoms. The van der Waals surface area contributed by atoms with Gasteiger partial charge in [-0.1, -0.05) is 60.7 Å². The lowest BCUT2D eigenvalue weighted by Crippen LogP contribution is -2.43. The van der Waals surface area contributed by atoms with Crippen LogP contribution in [-0.2, 0) is 4.79 Å². The lowest BCUT2D eigenvalue weighted by Gasteiger charge is -2.50. The third-order valence-electron chi connectivity index (χ3n) is 5.66. The van der Waals surface area contributed by atoms with E-state index in [1.54, 1.807) is 0 Å². The first kappa shape index (κ1) is 11.5. The number of allylic oxidation sites excluding steroid dienone is 2. The molecule has 0 saturated heterocycles. The lowest BCUT2D eigenvalue weighted by atomic mass is 9.51. The summed E-state index contributed by atoms with van der Waals surface area (Å²) in [5, 5.41) is 0. The van der Waals surface area contributed by atoms with Crippen LogP contribution in [0.2, 0.25) is 0 Å². The van der Waals surface area contributed by atoms with Gasteiger partial charge < -0.3 is 0 Å². The molecule has 0 saturated carbocycles. The number of carbonyl (C=O) groups is 1. The quantitative estimate of drug-likeness (QED) is 0.657. The molecule has 0 heterocycles. The minimum absolute atomic E-state index is 0.209. The Kier molecular flexibility index (Phi) is 2.04. The molecule has 0 aliphatic heterocycles. The summed E-state index contributed by atoms with van der Waals surface area (Å²) in [5.41, 5.74) is 5.31. The van der Waals surface area contributed by atoms with Crippen molar-refractivity contribution in [2.45, 2.75) is 24.7 Å². The first-order chi connectivity index (χ1) is 10.3. The number of rotatable bonds is 0. The Hall–Kier alpha value is -2.15. The predicted molar refractivity (Wildman–Crippen MR) is 82.4 cm³/mol. The van der Waals surface area contributed by atoms with Gasteiger partial charge >= 0.3 is 0 Å². The van der Waals surface area contributed by atoms with Crippen LogP contribution in [0.15, 0.2) is 60.7 Å². The van der Waals surface area contributed by atoms with E-state index in [4.69, 9.17) is 0 Å². The summed E-state index contributed by atoms with van der Waals surface area (Å²) in [7, 11) is 0. The lowest BCUT2D eigenvalue weighted by molar-refractivity contribution is -0.126. The van der Waals surface area contributed by atoms with E-state index in [0.717, 1.165) is 6.42 Å². The monoisotopic (exact) mass is 272 g/mol. The van der Waals surface area contributed by atoms with Crippen LogP contribution >= 0.6 is 0 Å². The summed E-state index contributed by atoms with van der Waals surface area (Å²) in [4.78, 5) is 12.7. The van der Waals surface area contributed by atoms with Crippen LogP contribution in [0, 0.1) is 5.41 Å². The van der Waals surface area contributed by atoms with Crippen molar-refractivity contribution in [1.29, 1.82) is 0 Å². The molecular formula is C20H16O. The molecule has 102 valence electrons. The van der Waals surface area contributed by atoms with Crippen molar-refractivity contribution in [1.82, 2.24) is 0 Å². The average molecular weight is 272 g/mol. The maximum atomic E-state index is 12.7. The third-order valence-corrected chi connectivity index (χ3v) is 5.66. The highest BCUT2D eigenvalue weighted by molar-refractivity contribution is 5.94. The molecule has 2 aromatic carbocycles. The molecular weight excluding hydrogens is 256 g/mol. The highest BCUT2D eigenvalue weighted by Gasteiger charge is 2.55. The van der Waals surface area contributed by atoms with E-state index in [2.05, 4.69) is 60.7 Å². The average Bonchev–Trinajstić information content (AvgIpc) is 2.88. The van der Waals surface area contributed by atoms with Gasteiger partial charge in [0.25, 0.3) is 0 Å². The fourth-order valence-electron chi connectivity index (χ4n) is 4.85. The zero-order valence-corrected chi connectivity index (χ0v) is 11.8. The van der Waals surface area contributed by atoms with E-state index in [0.29, 0.717) is 18.1 Å². The molecule has 2 bridgehead atoms. The number of ketones is 1. The van der Waals surface area contributed by atoms with Crippen molar-refractivity contribution in [2.75, 3.05) is 0 Å². The summed E-state index contributed by atoms with van der Waals surface area (Å²) < 4.78 is 0. The van der Waals surface area contributed by atoms with Gasteiger partial charge in [0.1, 0.15) is 5.78 Å². The predicted octanol–water partition coefficient (Wildman–Crippen LogP) is 4.18. The number of hydrogen-bond donors (Lipinski definition) is 0. The normalized spacial score (nSPS) is 31.5. The number of carbonyl (C=O) groups excluding carboxylic acids is 1. The van der Waals surface area contributed by atoms with Crippen LogP contribution in [0.3, 0.4) is 0 Å². The molecule has 1 spiro atoms. The SMILES string of the molecule is O=C1CC=C[C@]12CC1c3ccccc3C2c2ccccc21. The van der Waals surface area contributed by atoms with Gasteiger partial charge in [-0.05, 0) is 28.7 Å². The Bertz CT molecular complexity index is 753. The van der Waals surface area contributed by atoms with Crippen LogP contribution in [0.4, 0.5) is 0 Å². The summed E-state index contributed by atoms with van der Waals surface area (Å²) in [6.45, 7) is 0. The maximum Gasteiger partial charge on any atom is 0.147 e. The maximum absolute atomic E-state index is 12.7. The highest BCUT2D eigenvalue weighted by Crippen LogP contribution is 2.63. The molecule has 1 heteroatoms. The standard InChI is InChI=1S/C20H16O/c21-18-10-5-11-20(18)12-17-13-6-1-3-8-15(13)19(20)16-9-4-2-7-14(16)17/h1-9,11,17,19H,10,12H2/t17?,19?,20-/m0/s1. The smallest absolute Gasteiger partial charge is 0.147 e. The van der Waals surface area contributed by atoms with Crippen molar-refractivity contribution in [3.8, 4) is 0 Å². The molecule has 1 nitrogen and oxygen atoms in total. The van der Waals surface area contributed by atoms with E-state index in [1.165, 1.54) is 22.3 Å². The van der Waals surface area contributed by atoms with Crippen LogP contribution in [-0.4, -0.2) is 5.78 Å². The van der Waals surface area contributed by atoms with Gasteiger partial charge in [-0.2, -0.15) is 0 Å². The molecule has 2 aromatic rings. The largest absolute Gasteiger partial charge is 0.298 e. The van der Waals surface area contributed by atoms with Gasteiger partial charge in [-0.25, -0.2) is 0 Å². The van der Waals surface area contributed by atoms with Crippen molar-refractivity contribution in [3.63, 3.8) is 0 Å². The zero-order valence-electron chi connectivity index (χ0n) is 11.8. The van der Waals surface area contributed by atoms with Gasteiger partial charge in [0.2, 0.25) is 0 Å². The summed E-state index contributed by atoms with van der Waals surface area (Å²) in [5.74, 6) is 0.983. The number of Topliss-reactive ketones (excluding diaryl/α,β-unsaturated/α-hetero) is 1. The highest BCUT2D eigenvalue weighted by atomic mass is 16.1. The first-order valence-corrected chi connectivity index (χ1v) is 7.70. The molecule has 0 unspecified atom stereocenters. The molecule has 6 rings (SSSR count). The van der Waals surface area contributed by atoms with E-state index in [1.807, 2.05) is 0 Å². The van der Waals surface area contributed by atoms with Crippen molar-refractivity contribution < 1.29 is 4.79 Å². The topological polar surface area (TPSA) is 17.1 Å². The minimum Gasteiger partial charge on any atom is -0.298 e. The van der Waals surface area contributed by atoms with E-state index >= 15 is 0 Å². The summed E-state index contributed by atoms with van der Waals surface area (Å²) in [6.07, 6.45) is 5.84. The summed E-state index contributed by atoms with van der Waals surface area (Å²) in [6, 6.07) is 17.4. The van der Waals surface area contributed by atoms with Gasteiger partial charge in [0.15, 0.2) is 0 Å². The molecule has 0 radical (unpaired) electrons. The van der Waals surface area contributed by atoms with Crippen molar-refractivity contribution in [3.05, 3.63) is 82.9 Å². The number of hydrogen-bond acceptors (Lipinski definition) is 1. The van der Waals surface area contributed by atoms with Gasteiger partial charge in [0.05, 0.1) is 5.41 Å². The van der Waals surface area contributed by atoms with E-state index in [-0.39, 0.29) is 11.3 Å². The fourth-order valence-corrected chi connectivity index (χ4v) is 4.85. The molecule has 4 aliphatic rings. The molecule has 0 N–H and O–H groups in total. The number of benzene rings is 2. The Labute approximate surface area is 124 Å². The Morgan fingerprint density at radius 3 is 1.95 bits per heavy atom. The molecule has 0 amide bonds. The van der Waals surface area contributed by atoms with Crippen LogP contribution in [0.25, 0.3) is 0 Å². The minimum atomic E-state index is -0.284. The third kappa shape index (κ3) is 1.25. The fraction of sp³-hybridized carbons (Fsp3) is 0.250. The van der Waals surface area contributed by atoms with Crippen LogP contribution < -0.4 is 0 Å². The van der Waals surface area contributed by atoms with Gasteiger partial charge in [0, 0.05) is 18.3 Å². The first-order valence-electron chi connectivity index (χ1n) is 7.70. The van der Waals surface area contributed by atoms with E-state index < -0.39 is 0 Å². The second kappa shape index (κ2) is 3.73. The van der Waals surface area contributed by atoms with Crippen molar-refractivity contribution in [2.24, 2.45) is 5.41 Å². The van der Waals surface area contributed by atoms with Crippen molar-refractivity contribution >= 4 is 5.78 Å². The Morgan fingerprint density at radius 1 is 0.857 bits per heavy atom. The Balaban J connectivity index is 1.86. The molecule has 4 aliphatic carbocycles. The van der Waals surface area contributed by atoms with Gasteiger partial charge in [-0.3, -0.25) is 4.79 Å².